The molecule has 2 aromatic rings. The van der Waals surface area contributed by atoms with Gasteiger partial charge in [-0.15, -0.1) is 0 Å². The summed E-state index contributed by atoms with van der Waals surface area (Å²) in [6.07, 6.45) is 0.688. The topological polar surface area (TPSA) is 67.9 Å². The van der Waals surface area contributed by atoms with Gasteiger partial charge in [-0.1, -0.05) is 36.2 Å². The molecule has 150 valence electrons. The predicted octanol–water partition coefficient (Wildman–Crippen LogP) is 4.50. The average molecular weight is 425 g/mol. The number of hydrogen-bond acceptors (Lipinski definition) is 4. The van der Waals surface area contributed by atoms with E-state index < -0.39 is 0 Å². The second kappa shape index (κ2) is 10.2. The van der Waals surface area contributed by atoms with Crippen molar-refractivity contribution < 1.29 is 19.1 Å². The highest BCUT2D eigenvalue weighted by Gasteiger charge is 2.23. The van der Waals surface area contributed by atoms with E-state index in [2.05, 4.69) is 5.32 Å². The van der Waals surface area contributed by atoms with Gasteiger partial charge in [-0.25, -0.2) is 0 Å². The highest BCUT2D eigenvalue weighted by molar-refractivity contribution is 6.36. The highest BCUT2D eigenvalue weighted by Crippen LogP contribution is 2.31. The van der Waals surface area contributed by atoms with E-state index >= 15 is 0 Å². The Bertz CT molecular complexity index is 858. The lowest BCUT2D eigenvalue weighted by Crippen LogP contribution is -2.38. The van der Waals surface area contributed by atoms with Gasteiger partial charge < -0.3 is 19.7 Å². The maximum absolute atomic E-state index is 13.0. The van der Waals surface area contributed by atoms with Crippen LogP contribution in [-0.2, 0) is 4.79 Å². The third-order valence-electron chi connectivity index (χ3n) is 3.95. The number of ether oxygens (including phenoxy) is 2. The second-order valence-electron chi connectivity index (χ2n) is 5.94. The number of benzene rings is 2. The molecular formula is C20H22Cl2N2O4. The summed E-state index contributed by atoms with van der Waals surface area (Å²) in [6, 6.07) is 9.81. The van der Waals surface area contributed by atoms with Crippen LogP contribution in [0.2, 0.25) is 10.0 Å². The van der Waals surface area contributed by atoms with Crippen LogP contribution in [0.3, 0.4) is 0 Å². The summed E-state index contributed by atoms with van der Waals surface area (Å²) < 4.78 is 10.6. The molecule has 0 fully saturated rings. The molecule has 0 saturated heterocycles. The van der Waals surface area contributed by atoms with Crippen molar-refractivity contribution in [1.29, 1.82) is 0 Å². The van der Waals surface area contributed by atoms with Crippen molar-refractivity contribution in [3.05, 3.63) is 52.0 Å². The molecule has 8 heteroatoms. The third-order valence-corrected chi connectivity index (χ3v) is 4.50. The normalized spacial score (nSPS) is 10.3. The standard InChI is InChI=1S/C20H22Cl2N2O4/c1-4-10-24(12-18(25)23-16-9-8-13(21)11-15(16)22)20(26)14-6-5-7-17(27-2)19(14)28-3/h5-9,11H,4,10,12H2,1-3H3,(H,23,25). The molecular weight excluding hydrogens is 403 g/mol. The van der Waals surface area contributed by atoms with Gasteiger partial charge >= 0.3 is 0 Å². The van der Waals surface area contributed by atoms with Crippen molar-refractivity contribution in [3.8, 4) is 11.5 Å². The molecule has 0 atom stereocenters. The number of anilines is 1. The Morgan fingerprint density at radius 3 is 2.46 bits per heavy atom. The van der Waals surface area contributed by atoms with Crippen molar-refractivity contribution in [1.82, 2.24) is 4.90 Å². The predicted molar refractivity (Wildman–Crippen MR) is 111 cm³/mol. The van der Waals surface area contributed by atoms with Crippen molar-refractivity contribution in [2.24, 2.45) is 0 Å². The van der Waals surface area contributed by atoms with Gasteiger partial charge in [0.05, 0.1) is 30.5 Å². The minimum atomic E-state index is -0.368. The van der Waals surface area contributed by atoms with Gasteiger partial charge in [-0.3, -0.25) is 9.59 Å². The van der Waals surface area contributed by atoms with Crippen molar-refractivity contribution >= 4 is 40.7 Å². The van der Waals surface area contributed by atoms with Crippen LogP contribution in [0.25, 0.3) is 0 Å². The van der Waals surface area contributed by atoms with E-state index in [0.717, 1.165) is 0 Å². The summed E-state index contributed by atoms with van der Waals surface area (Å²) in [7, 11) is 2.97. The van der Waals surface area contributed by atoms with E-state index in [-0.39, 0.29) is 18.4 Å². The number of para-hydroxylation sites is 1. The number of nitrogens with zero attached hydrogens (tertiary/aromatic N) is 1. The minimum absolute atomic E-state index is 0.133. The lowest BCUT2D eigenvalue weighted by molar-refractivity contribution is -0.116. The molecule has 2 rings (SSSR count). The molecule has 0 bridgehead atoms. The first kappa shape index (κ1) is 21.9. The van der Waals surface area contributed by atoms with Crippen molar-refractivity contribution in [2.75, 3.05) is 32.6 Å². The number of amides is 2. The molecule has 2 amide bonds. The zero-order valence-corrected chi connectivity index (χ0v) is 17.4. The first-order chi connectivity index (χ1) is 13.4. The molecule has 0 aliphatic carbocycles. The first-order valence-electron chi connectivity index (χ1n) is 8.66. The molecule has 0 spiro atoms. The summed E-state index contributed by atoms with van der Waals surface area (Å²) in [6.45, 7) is 2.20. The fourth-order valence-electron chi connectivity index (χ4n) is 2.70. The molecule has 28 heavy (non-hydrogen) atoms. The highest BCUT2D eigenvalue weighted by atomic mass is 35.5. The van der Waals surface area contributed by atoms with Crippen LogP contribution in [0.1, 0.15) is 23.7 Å². The van der Waals surface area contributed by atoms with Gasteiger partial charge in [0, 0.05) is 11.6 Å². The SMILES string of the molecule is CCCN(CC(=O)Nc1ccc(Cl)cc1Cl)C(=O)c1cccc(OC)c1OC. The Morgan fingerprint density at radius 1 is 1.11 bits per heavy atom. The summed E-state index contributed by atoms with van der Waals surface area (Å²) >= 11 is 12.0. The molecule has 6 nitrogen and oxygen atoms in total. The van der Waals surface area contributed by atoms with Crippen LogP contribution in [-0.4, -0.2) is 44.0 Å². The number of carbonyl (C=O) groups excluding carboxylic acids is 2. The summed E-state index contributed by atoms with van der Waals surface area (Å²) in [4.78, 5) is 27.0. The van der Waals surface area contributed by atoms with E-state index in [0.29, 0.717) is 45.8 Å². The maximum atomic E-state index is 13.0. The van der Waals surface area contributed by atoms with Crippen LogP contribution in [0.4, 0.5) is 5.69 Å². The second-order valence-corrected chi connectivity index (χ2v) is 6.78. The van der Waals surface area contributed by atoms with Gasteiger partial charge in [0.15, 0.2) is 11.5 Å². The molecule has 1 N–H and O–H groups in total. The van der Waals surface area contributed by atoms with E-state index in [1.54, 1.807) is 30.3 Å². The molecule has 0 aliphatic rings. The first-order valence-corrected chi connectivity index (χ1v) is 9.42. The fraction of sp³-hybridized carbons (Fsp3) is 0.300. The molecule has 0 radical (unpaired) electrons. The fourth-order valence-corrected chi connectivity index (χ4v) is 3.16. The maximum Gasteiger partial charge on any atom is 0.258 e. The van der Waals surface area contributed by atoms with E-state index in [1.165, 1.54) is 25.2 Å². The van der Waals surface area contributed by atoms with Crippen molar-refractivity contribution in [3.63, 3.8) is 0 Å². The lowest BCUT2D eigenvalue weighted by atomic mass is 10.1. The summed E-state index contributed by atoms with van der Waals surface area (Å²) in [5.41, 5.74) is 0.756. The summed E-state index contributed by atoms with van der Waals surface area (Å²) in [5, 5.41) is 3.50. The number of carbonyl (C=O) groups is 2. The minimum Gasteiger partial charge on any atom is -0.493 e. The molecule has 0 saturated carbocycles. The van der Waals surface area contributed by atoms with Gasteiger partial charge in [0.25, 0.3) is 5.91 Å². The Balaban J connectivity index is 2.20. The average Bonchev–Trinajstić information content (AvgIpc) is 2.68. The Hall–Kier alpha value is -2.44. The number of hydrogen-bond donors (Lipinski definition) is 1. The molecule has 0 aromatic heterocycles. The Labute approximate surface area is 174 Å². The van der Waals surface area contributed by atoms with Crippen LogP contribution < -0.4 is 14.8 Å². The molecule has 0 heterocycles. The van der Waals surface area contributed by atoms with E-state index in [1.807, 2.05) is 6.92 Å². The number of nitrogens with one attached hydrogen (secondary N) is 1. The van der Waals surface area contributed by atoms with Crippen LogP contribution in [0, 0.1) is 0 Å². The van der Waals surface area contributed by atoms with Crippen LogP contribution in [0.5, 0.6) is 11.5 Å². The Kier molecular flexibility index (Phi) is 7.96. The third kappa shape index (κ3) is 5.30. The lowest BCUT2D eigenvalue weighted by Gasteiger charge is -2.23. The van der Waals surface area contributed by atoms with E-state index in [9.17, 15) is 9.59 Å². The Morgan fingerprint density at radius 2 is 1.86 bits per heavy atom. The quantitative estimate of drug-likeness (QED) is 0.676. The van der Waals surface area contributed by atoms with Crippen LogP contribution >= 0.6 is 23.2 Å². The smallest absolute Gasteiger partial charge is 0.258 e. The van der Waals surface area contributed by atoms with E-state index in [4.69, 9.17) is 32.7 Å². The van der Waals surface area contributed by atoms with Gasteiger partial charge in [0.2, 0.25) is 5.91 Å². The van der Waals surface area contributed by atoms with Crippen molar-refractivity contribution in [2.45, 2.75) is 13.3 Å². The molecule has 0 unspecified atom stereocenters. The van der Waals surface area contributed by atoms with Crippen LogP contribution in [0.15, 0.2) is 36.4 Å². The van der Waals surface area contributed by atoms with Gasteiger partial charge in [-0.2, -0.15) is 0 Å². The zero-order chi connectivity index (χ0) is 20.7. The largest absolute Gasteiger partial charge is 0.493 e. The number of halogens is 2. The molecule has 2 aromatic carbocycles. The monoisotopic (exact) mass is 424 g/mol. The number of rotatable bonds is 8. The van der Waals surface area contributed by atoms with Gasteiger partial charge in [0.1, 0.15) is 6.54 Å². The molecule has 0 aliphatic heterocycles. The summed E-state index contributed by atoms with van der Waals surface area (Å²) in [5.74, 6) is 0.0855. The zero-order valence-electron chi connectivity index (χ0n) is 15.9. The van der Waals surface area contributed by atoms with Gasteiger partial charge in [-0.05, 0) is 36.8 Å². The number of methoxy groups -OCH3 is 2.